The van der Waals surface area contributed by atoms with Crippen molar-refractivity contribution in [2.75, 3.05) is 5.32 Å². The molecule has 0 saturated carbocycles. The van der Waals surface area contributed by atoms with Gasteiger partial charge in [0.15, 0.2) is 0 Å². The molecular weight excluding hydrogens is 311 g/mol. The van der Waals surface area contributed by atoms with E-state index in [0.717, 1.165) is 16.6 Å². The summed E-state index contributed by atoms with van der Waals surface area (Å²) in [4.78, 5) is 15.5. The molecule has 2 aromatic carbocycles. The summed E-state index contributed by atoms with van der Waals surface area (Å²) >= 11 is 5.96. The summed E-state index contributed by atoms with van der Waals surface area (Å²) in [6.45, 7) is 0. The van der Waals surface area contributed by atoms with Crippen molar-refractivity contribution in [3.05, 3.63) is 65.3 Å². The number of halogens is 1. The van der Waals surface area contributed by atoms with Gasteiger partial charge in [-0.1, -0.05) is 23.7 Å². The molecule has 0 fully saturated rings. The van der Waals surface area contributed by atoms with Crippen LogP contribution in [-0.4, -0.2) is 45.6 Å². The molecule has 0 aliphatic rings. The van der Waals surface area contributed by atoms with Crippen molar-refractivity contribution >= 4 is 69.4 Å². The second-order valence-electron chi connectivity index (χ2n) is 4.50. The molecule has 22 heavy (non-hydrogen) atoms. The molecular formula is C16H12ClN2NaO2. The molecule has 0 saturated heterocycles. The number of carboxylic acids is 1. The second-order valence-corrected chi connectivity index (χ2v) is 4.93. The van der Waals surface area contributed by atoms with E-state index in [9.17, 15) is 9.90 Å². The molecule has 0 spiro atoms. The van der Waals surface area contributed by atoms with Crippen LogP contribution in [0.1, 0.15) is 10.4 Å². The molecule has 2 N–H and O–H groups in total. The molecule has 3 aromatic rings. The van der Waals surface area contributed by atoms with E-state index in [1.54, 1.807) is 48.7 Å². The molecule has 0 bridgehead atoms. The Balaban J connectivity index is 0.00000176. The van der Waals surface area contributed by atoms with Crippen molar-refractivity contribution in [3.8, 4) is 0 Å². The summed E-state index contributed by atoms with van der Waals surface area (Å²) in [7, 11) is 0. The van der Waals surface area contributed by atoms with E-state index in [0.29, 0.717) is 10.7 Å². The number of carbonyl (C=O) groups is 1. The van der Waals surface area contributed by atoms with Crippen LogP contribution in [-0.2, 0) is 0 Å². The number of anilines is 2. The van der Waals surface area contributed by atoms with Crippen molar-refractivity contribution < 1.29 is 9.90 Å². The van der Waals surface area contributed by atoms with Crippen LogP contribution < -0.4 is 5.32 Å². The van der Waals surface area contributed by atoms with E-state index in [4.69, 9.17) is 11.6 Å². The molecule has 1 aromatic heterocycles. The molecule has 1 heterocycles. The van der Waals surface area contributed by atoms with Gasteiger partial charge in [0.25, 0.3) is 0 Å². The zero-order valence-electron chi connectivity index (χ0n) is 10.9. The molecule has 3 rings (SSSR count). The summed E-state index contributed by atoms with van der Waals surface area (Å²) in [6, 6.07) is 14.0. The topological polar surface area (TPSA) is 62.2 Å². The van der Waals surface area contributed by atoms with Crippen LogP contribution in [0.4, 0.5) is 11.4 Å². The van der Waals surface area contributed by atoms with E-state index in [1.165, 1.54) is 0 Å². The van der Waals surface area contributed by atoms with E-state index in [2.05, 4.69) is 10.3 Å². The monoisotopic (exact) mass is 322 g/mol. The molecule has 4 nitrogen and oxygen atoms in total. The van der Waals surface area contributed by atoms with Crippen molar-refractivity contribution in [1.82, 2.24) is 4.98 Å². The van der Waals surface area contributed by atoms with Gasteiger partial charge in [-0.25, -0.2) is 4.79 Å². The van der Waals surface area contributed by atoms with Crippen LogP contribution in [0.5, 0.6) is 0 Å². The minimum absolute atomic E-state index is 0. The van der Waals surface area contributed by atoms with Gasteiger partial charge in [0.05, 0.1) is 16.8 Å². The number of hydrogen-bond acceptors (Lipinski definition) is 3. The predicted molar refractivity (Wildman–Crippen MR) is 90.6 cm³/mol. The first-order valence-electron chi connectivity index (χ1n) is 6.29. The average molecular weight is 323 g/mol. The maximum atomic E-state index is 11.3. The van der Waals surface area contributed by atoms with Crippen molar-refractivity contribution in [3.63, 3.8) is 0 Å². The summed E-state index contributed by atoms with van der Waals surface area (Å²) < 4.78 is 0. The van der Waals surface area contributed by atoms with Crippen molar-refractivity contribution in [2.45, 2.75) is 0 Å². The van der Waals surface area contributed by atoms with Gasteiger partial charge in [-0.2, -0.15) is 0 Å². The van der Waals surface area contributed by atoms with Gasteiger partial charge in [-0.15, -0.1) is 0 Å². The fraction of sp³-hybridized carbons (Fsp3) is 0. The van der Waals surface area contributed by atoms with E-state index in [1.807, 2.05) is 6.07 Å². The van der Waals surface area contributed by atoms with Gasteiger partial charge < -0.3 is 10.4 Å². The Morgan fingerprint density at radius 2 is 1.86 bits per heavy atom. The summed E-state index contributed by atoms with van der Waals surface area (Å²) in [6.07, 6.45) is 1.66. The average Bonchev–Trinajstić information content (AvgIpc) is 2.47. The number of para-hydroxylation sites is 1. The molecule has 0 unspecified atom stereocenters. The molecule has 0 aliphatic carbocycles. The fourth-order valence-corrected chi connectivity index (χ4v) is 2.32. The Morgan fingerprint density at radius 3 is 2.64 bits per heavy atom. The van der Waals surface area contributed by atoms with Gasteiger partial charge >= 0.3 is 35.5 Å². The maximum absolute atomic E-state index is 11.3. The molecule has 0 amide bonds. The second kappa shape index (κ2) is 7.11. The number of aromatic nitrogens is 1. The quantitative estimate of drug-likeness (QED) is 0.722. The standard InChI is InChI=1S/C16H11ClN2O2.Na.H/c17-10-5-6-11-14(7-8-18-15(11)9-10)19-13-4-2-1-3-12(13)16(20)21;;/h1-9H,(H,18,19)(H,20,21);;. The molecule has 0 radical (unpaired) electrons. The number of pyridine rings is 1. The SMILES string of the molecule is O=C(O)c1ccccc1Nc1ccnc2cc(Cl)ccc12.[NaH]. The first-order valence-corrected chi connectivity index (χ1v) is 6.66. The van der Waals surface area contributed by atoms with Gasteiger partial charge in [0, 0.05) is 22.3 Å². The van der Waals surface area contributed by atoms with Gasteiger partial charge in [-0.05, 0) is 36.4 Å². The molecule has 6 heteroatoms. The van der Waals surface area contributed by atoms with Crippen LogP contribution in [0.25, 0.3) is 10.9 Å². The summed E-state index contributed by atoms with van der Waals surface area (Å²) in [5, 5.41) is 13.9. The zero-order valence-corrected chi connectivity index (χ0v) is 11.6. The third-order valence-electron chi connectivity index (χ3n) is 3.13. The van der Waals surface area contributed by atoms with Crippen LogP contribution in [0.3, 0.4) is 0 Å². The van der Waals surface area contributed by atoms with Crippen LogP contribution in [0, 0.1) is 0 Å². The number of benzene rings is 2. The fourth-order valence-electron chi connectivity index (χ4n) is 2.15. The molecule has 0 atom stereocenters. The number of hydrogen-bond donors (Lipinski definition) is 2. The van der Waals surface area contributed by atoms with Gasteiger partial charge in [0.2, 0.25) is 0 Å². The first-order chi connectivity index (χ1) is 10.1. The Labute approximate surface area is 154 Å². The number of nitrogens with one attached hydrogen (secondary N) is 1. The number of carboxylic acid groups (broad SMARTS) is 1. The summed E-state index contributed by atoms with van der Waals surface area (Å²) in [5.74, 6) is -0.973. The minimum atomic E-state index is -0.973. The molecule has 0 aliphatic heterocycles. The van der Waals surface area contributed by atoms with Gasteiger partial charge in [0.1, 0.15) is 0 Å². The normalized spacial score (nSPS) is 10.0. The number of nitrogens with zero attached hydrogens (tertiary/aromatic N) is 1. The Morgan fingerprint density at radius 1 is 1.09 bits per heavy atom. The van der Waals surface area contributed by atoms with Crippen LogP contribution in [0.2, 0.25) is 5.02 Å². The number of rotatable bonds is 3. The van der Waals surface area contributed by atoms with Crippen molar-refractivity contribution in [2.24, 2.45) is 0 Å². The first kappa shape index (κ1) is 16.8. The van der Waals surface area contributed by atoms with Crippen molar-refractivity contribution in [1.29, 1.82) is 0 Å². The third-order valence-corrected chi connectivity index (χ3v) is 3.37. The third kappa shape index (κ3) is 3.42. The van der Waals surface area contributed by atoms with E-state index >= 15 is 0 Å². The predicted octanol–water partition coefficient (Wildman–Crippen LogP) is 3.68. The van der Waals surface area contributed by atoms with Gasteiger partial charge in [-0.3, -0.25) is 4.98 Å². The van der Waals surface area contributed by atoms with Crippen LogP contribution in [0.15, 0.2) is 54.7 Å². The van der Waals surface area contributed by atoms with E-state index < -0.39 is 5.97 Å². The van der Waals surface area contributed by atoms with E-state index in [-0.39, 0.29) is 35.1 Å². The zero-order chi connectivity index (χ0) is 14.8. The summed E-state index contributed by atoms with van der Waals surface area (Å²) in [5.41, 5.74) is 2.29. The number of fused-ring (bicyclic) bond motifs is 1. The Bertz CT molecular complexity index is 839. The van der Waals surface area contributed by atoms with Crippen LogP contribution >= 0.6 is 11.6 Å². The Hall–Kier alpha value is -1.59. The Kier molecular flexibility index (Phi) is 5.42. The molecule has 106 valence electrons. The number of aromatic carboxylic acids is 1.